The van der Waals surface area contributed by atoms with Gasteiger partial charge in [-0.05, 0) is 37.1 Å². The molecule has 0 spiro atoms. The van der Waals surface area contributed by atoms with Crippen LogP contribution in [0.3, 0.4) is 0 Å². The molecule has 6 nitrogen and oxygen atoms in total. The third kappa shape index (κ3) is 3.68. The second-order valence-corrected chi connectivity index (χ2v) is 6.65. The van der Waals surface area contributed by atoms with Crippen LogP contribution in [0.2, 0.25) is 0 Å². The van der Waals surface area contributed by atoms with Crippen LogP contribution < -0.4 is 15.1 Å². The Bertz CT molecular complexity index is 750. The van der Waals surface area contributed by atoms with E-state index < -0.39 is 0 Å². The molecule has 4 rings (SSSR count). The number of phenolic OH excluding ortho intramolecular Hbond substituents is 1. The van der Waals surface area contributed by atoms with Gasteiger partial charge >= 0.3 is 0 Å². The number of carbonyl (C=O) groups is 1. The molecule has 2 aromatic rings. The number of aromatic nitrogens is 1. The van der Waals surface area contributed by atoms with Gasteiger partial charge in [0, 0.05) is 50.2 Å². The van der Waals surface area contributed by atoms with Crippen molar-refractivity contribution in [2.75, 3.05) is 36.0 Å². The molecule has 130 valence electrons. The molecule has 0 bridgehead atoms. The van der Waals surface area contributed by atoms with Gasteiger partial charge < -0.3 is 20.2 Å². The highest BCUT2D eigenvalue weighted by Gasteiger charge is 2.24. The summed E-state index contributed by atoms with van der Waals surface area (Å²) in [5.41, 5.74) is 1.66. The number of anilines is 2. The number of aromatic hydroxyl groups is 1. The fourth-order valence-electron chi connectivity index (χ4n) is 3.09. The fourth-order valence-corrected chi connectivity index (χ4v) is 3.09. The predicted molar refractivity (Wildman–Crippen MR) is 97.3 cm³/mol. The summed E-state index contributed by atoms with van der Waals surface area (Å²) in [6.45, 7) is 3.46. The van der Waals surface area contributed by atoms with Crippen molar-refractivity contribution < 1.29 is 9.90 Å². The molecule has 0 atom stereocenters. The number of rotatable bonds is 4. The number of benzene rings is 1. The van der Waals surface area contributed by atoms with Crippen molar-refractivity contribution in [3.8, 4) is 5.75 Å². The molecule has 1 saturated heterocycles. The third-order valence-electron chi connectivity index (χ3n) is 4.72. The summed E-state index contributed by atoms with van der Waals surface area (Å²) < 4.78 is 0. The summed E-state index contributed by atoms with van der Waals surface area (Å²) in [5.74, 6) is 1.16. The van der Waals surface area contributed by atoms with Gasteiger partial charge in [0.1, 0.15) is 11.6 Å². The molecule has 2 heterocycles. The topological polar surface area (TPSA) is 68.7 Å². The molecule has 1 aromatic carbocycles. The smallest absolute Gasteiger partial charge is 0.253 e. The van der Waals surface area contributed by atoms with E-state index in [1.165, 1.54) is 0 Å². The number of amides is 1. The van der Waals surface area contributed by atoms with Gasteiger partial charge in [0.15, 0.2) is 0 Å². The van der Waals surface area contributed by atoms with E-state index in [9.17, 15) is 9.90 Å². The van der Waals surface area contributed by atoms with Crippen molar-refractivity contribution in [1.29, 1.82) is 0 Å². The highest BCUT2D eigenvalue weighted by atomic mass is 16.3. The van der Waals surface area contributed by atoms with E-state index in [1.54, 1.807) is 18.3 Å². The summed E-state index contributed by atoms with van der Waals surface area (Å²) in [6, 6.07) is 11.5. The van der Waals surface area contributed by atoms with E-state index in [-0.39, 0.29) is 5.91 Å². The van der Waals surface area contributed by atoms with Gasteiger partial charge in [-0.2, -0.15) is 0 Å². The molecule has 1 aliphatic heterocycles. The van der Waals surface area contributed by atoms with Crippen LogP contribution in [-0.2, 0) is 0 Å². The summed E-state index contributed by atoms with van der Waals surface area (Å²) in [6.07, 6.45) is 3.83. The van der Waals surface area contributed by atoms with Crippen LogP contribution >= 0.6 is 0 Å². The number of pyridine rings is 1. The van der Waals surface area contributed by atoms with E-state index in [2.05, 4.69) is 20.1 Å². The summed E-state index contributed by atoms with van der Waals surface area (Å²) in [7, 11) is 0. The Morgan fingerprint density at radius 2 is 1.84 bits per heavy atom. The van der Waals surface area contributed by atoms with E-state index in [0.717, 1.165) is 50.5 Å². The highest BCUT2D eigenvalue weighted by molar-refractivity contribution is 5.94. The van der Waals surface area contributed by atoms with Crippen LogP contribution in [0, 0.1) is 0 Å². The number of nitrogens with zero attached hydrogens (tertiary/aromatic N) is 3. The van der Waals surface area contributed by atoms with Crippen molar-refractivity contribution in [1.82, 2.24) is 10.3 Å². The minimum absolute atomic E-state index is 0.0322. The van der Waals surface area contributed by atoms with Crippen molar-refractivity contribution in [2.45, 2.75) is 18.9 Å². The maximum absolute atomic E-state index is 12.0. The molecule has 0 radical (unpaired) electrons. The Labute approximate surface area is 147 Å². The monoisotopic (exact) mass is 338 g/mol. The average Bonchev–Trinajstić information content (AvgIpc) is 3.46. The predicted octanol–water partition coefficient (Wildman–Crippen LogP) is 2.01. The third-order valence-corrected chi connectivity index (χ3v) is 4.72. The molecule has 0 unspecified atom stereocenters. The summed E-state index contributed by atoms with van der Waals surface area (Å²) >= 11 is 0. The maximum atomic E-state index is 12.0. The molecular weight excluding hydrogens is 316 g/mol. The highest BCUT2D eigenvalue weighted by Crippen LogP contribution is 2.23. The van der Waals surface area contributed by atoms with E-state index >= 15 is 0 Å². The van der Waals surface area contributed by atoms with Gasteiger partial charge in [-0.15, -0.1) is 0 Å². The van der Waals surface area contributed by atoms with Crippen LogP contribution in [0.5, 0.6) is 5.75 Å². The van der Waals surface area contributed by atoms with Crippen LogP contribution in [0.1, 0.15) is 23.2 Å². The molecule has 1 amide bonds. The van der Waals surface area contributed by atoms with Crippen LogP contribution in [0.25, 0.3) is 0 Å². The van der Waals surface area contributed by atoms with Crippen LogP contribution in [0.4, 0.5) is 11.5 Å². The summed E-state index contributed by atoms with van der Waals surface area (Å²) in [4.78, 5) is 21.0. The van der Waals surface area contributed by atoms with Crippen molar-refractivity contribution in [3.05, 3.63) is 48.2 Å². The number of hydrogen-bond acceptors (Lipinski definition) is 5. The van der Waals surface area contributed by atoms with Gasteiger partial charge in [0.2, 0.25) is 0 Å². The van der Waals surface area contributed by atoms with Gasteiger partial charge in [0.25, 0.3) is 5.91 Å². The second-order valence-electron chi connectivity index (χ2n) is 6.65. The van der Waals surface area contributed by atoms with E-state index in [1.807, 2.05) is 24.3 Å². The Morgan fingerprint density at radius 1 is 1.08 bits per heavy atom. The lowest BCUT2D eigenvalue weighted by molar-refractivity contribution is 0.0950. The minimum Gasteiger partial charge on any atom is -0.508 e. The first-order chi connectivity index (χ1) is 12.2. The standard InChI is InChI=1S/C19H22N4O2/c24-17-3-1-2-16(12-17)22-8-10-23(11-9-22)18-7-4-14(13-20-18)19(25)21-15-5-6-15/h1-4,7,12-13,15,24H,5-6,8-11H2,(H,21,25). The van der Waals surface area contributed by atoms with Crippen LogP contribution in [-0.4, -0.2) is 48.2 Å². The van der Waals surface area contributed by atoms with Gasteiger partial charge in [-0.1, -0.05) is 6.07 Å². The molecule has 1 aromatic heterocycles. The zero-order valence-electron chi connectivity index (χ0n) is 14.1. The number of carbonyl (C=O) groups excluding carboxylic acids is 1. The Morgan fingerprint density at radius 3 is 2.48 bits per heavy atom. The zero-order chi connectivity index (χ0) is 17.2. The fraction of sp³-hybridized carbons (Fsp3) is 0.368. The number of nitrogens with one attached hydrogen (secondary N) is 1. The lowest BCUT2D eigenvalue weighted by atomic mass is 10.2. The molecule has 2 N–H and O–H groups in total. The van der Waals surface area contributed by atoms with Crippen LogP contribution in [0.15, 0.2) is 42.6 Å². The van der Waals surface area contributed by atoms with E-state index in [4.69, 9.17) is 0 Å². The first-order valence-corrected chi connectivity index (χ1v) is 8.75. The second kappa shape index (κ2) is 6.63. The number of phenols is 1. The lowest BCUT2D eigenvalue weighted by Gasteiger charge is -2.36. The molecular formula is C19H22N4O2. The molecule has 2 aliphatic rings. The number of piperazine rings is 1. The SMILES string of the molecule is O=C(NC1CC1)c1ccc(N2CCN(c3cccc(O)c3)CC2)nc1. The van der Waals surface area contributed by atoms with Gasteiger partial charge in [-0.3, -0.25) is 4.79 Å². The molecule has 6 heteroatoms. The Balaban J connectivity index is 1.36. The van der Waals surface area contributed by atoms with E-state index in [0.29, 0.717) is 17.4 Å². The zero-order valence-corrected chi connectivity index (χ0v) is 14.1. The van der Waals surface area contributed by atoms with Gasteiger partial charge in [-0.25, -0.2) is 4.98 Å². The van der Waals surface area contributed by atoms with Crippen molar-refractivity contribution >= 4 is 17.4 Å². The first-order valence-electron chi connectivity index (χ1n) is 8.75. The average molecular weight is 338 g/mol. The van der Waals surface area contributed by atoms with Gasteiger partial charge in [0.05, 0.1) is 5.56 Å². The maximum Gasteiger partial charge on any atom is 0.253 e. The minimum atomic E-state index is -0.0322. The first kappa shape index (κ1) is 15.7. The summed E-state index contributed by atoms with van der Waals surface area (Å²) in [5, 5.41) is 12.6. The Kier molecular flexibility index (Phi) is 4.17. The largest absolute Gasteiger partial charge is 0.508 e. The van der Waals surface area contributed by atoms with Crippen molar-refractivity contribution in [2.24, 2.45) is 0 Å². The lowest BCUT2D eigenvalue weighted by Crippen LogP contribution is -2.46. The quantitative estimate of drug-likeness (QED) is 0.892. The molecule has 1 aliphatic carbocycles. The Hall–Kier alpha value is -2.76. The normalized spacial score (nSPS) is 17.4. The van der Waals surface area contributed by atoms with Crippen molar-refractivity contribution in [3.63, 3.8) is 0 Å². The molecule has 1 saturated carbocycles. The molecule has 25 heavy (non-hydrogen) atoms. The number of hydrogen-bond donors (Lipinski definition) is 2. The molecule has 2 fully saturated rings.